The molecule has 0 amide bonds. The van der Waals surface area contributed by atoms with Crippen LogP contribution in [0.2, 0.25) is 0 Å². The van der Waals surface area contributed by atoms with Gasteiger partial charge in [0.15, 0.2) is 6.10 Å². The predicted molar refractivity (Wildman–Crippen MR) is 288 cm³/mol. The highest BCUT2D eigenvalue weighted by molar-refractivity contribution is 5.71. The van der Waals surface area contributed by atoms with Gasteiger partial charge in [0.2, 0.25) is 0 Å². The molecule has 0 bridgehead atoms. The molecule has 0 aromatic rings. The van der Waals surface area contributed by atoms with Gasteiger partial charge in [-0.3, -0.25) is 14.4 Å². The summed E-state index contributed by atoms with van der Waals surface area (Å²) in [5.74, 6) is -1.02. The molecule has 0 aromatic heterocycles. The molecule has 6 nitrogen and oxygen atoms in total. The lowest BCUT2D eigenvalue weighted by molar-refractivity contribution is -0.167. The highest BCUT2D eigenvalue weighted by Crippen LogP contribution is 2.13. The first-order chi connectivity index (χ1) is 33.0. The van der Waals surface area contributed by atoms with Crippen LogP contribution in [0.4, 0.5) is 0 Å². The zero-order valence-electron chi connectivity index (χ0n) is 43.9. The topological polar surface area (TPSA) is 78.9 Å². The first-order valence-corrected chi connectivity index (χ1v) is 28.1. The van der Waals surface area contributed by atoms with Crippen molar-refractivity contribution in [3.63, 3.8) is 0 Å². The predicted octanol–water partition coefficient (Wildman–Crippen LogP) is 18.8. The lowest BCUT2D eigenvalue weighted by Gasteiger charge is -2.18. The molecule has 0 aliphatic heterocycles. The Labute approximate surface area is 414 Å². The lowest BCUT2D eigenvalue weighted by Crippen LogP contribution is -2.30. The summed E-state index contributed by atoms with van der Waals surface area (Å²) in [5, 5.41) is 0. The zero-order chi connectivity index (χ0) is 48.6. The van der Waals surface area contributed by atoms with Crippen molar-refractivity contribution < 1.29 is 28.6 Å². The summed E-state index contributed by atoms with van der Waals surface area (Å²) in [6.07, 6.45) is 71.5. The molecule has 0 saturated carbocycles. The van der Waals surface area contributed by atoms with E-state index in [9.17, 15) is 14.4 Å². The number of hydrogen-bond donors (Lipinski definition) is 0. The third-order valence-corrected chi connectivity index (χ3v) is 11.8. The van der Waals surface area contributed by atoms with Crippen molar-refractivity contribution in [2.24, 2.45) is 0 Å². The molecule has 0 aromatic carbocycles. The number of unbranched alkanes of at least 4 members (excludes halogenated alkanes) is 25. The number of rotatable bonds is 50. The van der Waals surface area contributed by atoms with Crippen LogP contribution in [0.5, 0.6) is 0 Å². The van der Waals surface area contributed by atoms with E-state index in [4.69, 9.17) is 14.2 Å². The Morgan fingerprint density at radius 3 is 0.925 bits per heavy atom. The maximum Gasteiger partial charge on any atom is 0.306 e. The summed E-state index contributed by atoms with van der Waals surface area (Å²) in [6.45, 7) is 6.53. The van der Waals surface area contributed by atoms with E-state index in [1.807, 2.05) is 0 Å². The number of hydrogen-bond acceptors (Lipinski definition) is 6. The van der Waals surface area contributed by atoms with Crippen molar-refractivity contribution in [3.8, 4) is 0 Å². The van der Waals surface area contributed by atoms with Crippen LogP contribution in [-0.4, -0.2) is 37.2 Å². The first kappa shape index (κ1) is 63.6. The molecular formula is C61H104O6. The molecule has 0 heterocycles. The summed E-state index contributed by atoms with van der Waals surface area (Å²) >= 11 is 0. The SMILES string of the molecule is CCCCCC/C=C\CCCCCCCCCC(=O)OC[C@@H](COC(=O)CCC/C=C\C/C=C\C/C=C\CCCCCCCC)OC(=O)CCC/C=C\C/C=C\C/C=C\CCCCCCCC. The van der Waals surface area contributed by atoms with Crippen LogP contribution in [-0.2, 0) is 28.6 Å². The summed E-state index contributed by atoms with van der Waals surface area (Å²) in [4.78, 5) is 38.1. The van der Waals surface area contributed by atoms with Gasteiger partial charge >= 0.3 is 17.9 Å². The lowest BCUT2D eigenvalue weighted by atomic mass is 10.1. The quantitative estimate of drug-likeness (QED) is 0.0262. The summed E-state index contributed by atoms with van der Waals surface area (Å²) in [6, 6.07) is 0. The Bertz CT molecular complexity index is 1300. The second-order valence-corrected chi connectivity index (χ2v) is 18.5. The van der Waals surface area contributed by atoms with E-state index in [-0.39, 0.29) is 44.0 Å². The fourth-order valence-electron chi connectivity index (χ4n) is 7.59. The maximum absolute atomic E-state index is 12.8. The van der Waals surface area contributed by atoms with Gasteiger partial charge in [0, 0.05) is 19.3 Å². The van der Waals surface area contributed by atoms with Crippen LogP contribution in [0.15, 0.2) is 85.1 Å². The molecule has 0 aliphatic rings. The highest BCUT2D eigenvalue weighted by atomic mass is 16.6. The van der Waals surface area contributed by atoms with Crippen molar-refractivity contribution in [1.82, 2.24) is 0 Å². The van der Waals surface area contributed by atoms with Crippen LogP contribution in [0.1, 0.15) is 265 Å². The van der Waals surface area contributed by atoms with Crippen LogP contribution in [0.3, 0.4) is 0 Å². The second kappa shape index (κ2) is 55.2. The Morgan fingerprint density at radius 2 is 0.552 bits per heavy atom. The molecule has 0 rings (SSSR count). The fourth-order valence-corrected chi connectivity index (χ4v) is 7.59. The normalized spacial score (nSPS) is 12.7. The third-order valence-electron chi connectivity index (χ3n) is 11.8. The molecule has 67 heavy (non-hydrogen) atoms. The van der Waals surface area contributed by atoms with E-state index >= 15 is 0 Å². The van der Waals surface area contributed by atoms with Gasteiger partial charge in [0.25, 0.3) is 0 Å². The van der Waals surface area contributed by atoms with Crippen molar-refractivity contribution in [1.29, 1.82) is 0 Å². The monoisotopic (exact) mass is 933 g/mol. The Hall–Kier alpha value is -3.41. The summed E-state index contributed by atoms with van der Waals surface area (Å²) in [7, 11) is 0. The molecular weight excluding hydrogens is 829 g/mol. The van der Waals surface area contributed by atoms with Gasteiger partial charge in [-0.2, -0.15) is 0 Å². The minimum atomic E-state index is -0.825. The van der Waals surface area contributed by atoms with Gasteiger partial charge in [0.1, 0.15) is 13.2 Å². The van der Waals surface area contributed by atoms with Crippen molar-refractivity contribution in [3.05, 3.63) is 85.1 Å². The van der Waals surface area contributed by atoms with Gasteiger partial charge in [-0.1, -0.05) is 221 Å². The van der Waals surface area contributed by atoms with E-state index in [0.717, 1.165) is 57.8 Å². The molecule has 0 spiro atoms. The molecule has 1 atom stereocenters. The average molecular weight is 933 g/mol. The van der Waals surface area contributed by atoms with E-state index < -0.39 is 6.10 Å². The van der Waals surface area contributed by atoms with E-state index in [0.29, 0.717) is 19.3 Å². The second-order valence-electron chi connectivity index (χ2n) is 18.5. The molecule has 384 valence electrons. The number of allylic oxidation sites excluding steroid dienone is 14. The van der Waals surface area contributed by atoms with E-state index in [1.165, 1.54) is 154 Å². The summed E-state index contributed by atoms with van der Waals surface area (Å²) < 4.78 is 16.7. The van der Waals surface area contributed by atoms with Crippen LogP contribution < -0.4 is 0 Å². The molecule has 0 aliphatic carbocycles. The standard InChI is InChI=1S/C61H104O6/c1-4-7-10-13-16-19-22-25-28-30-33-36-39-42-45-48-51-54-60(63)66-57-58(56-65-59(62)53-50-47-44-41-38-35-32-27-24-21-18-15-12-9-6-3)67-61(64)55-52-49-46-43-40-37-34-31-29-26-23-20-17-14-11-8-5-2/h21,24-26,28-29,33-34,36-37,42-43,45-46,58H,4-20,22-23,27,30-32,35,38-41,44,47-57H2,1-3H3/b24-21-,28-25-,29-26-,36-33-,37-34-,45-42-,46-43-/t58-/m0/s1. The Morgan fingerprint density at radius 1 is 0.299 bits per heavy atom. The first-order valence-electron chi connectivity index (χ1n) is 28.1. The van der Waals surface area contributed by atoms with Crippen molar-refractivity contribution in [2.75, 3.05) is 13.2 Å². The number of ether oxygens (including phenoxy) is 3. The maximum atomic E-state index is 12.8. The Kier molecular flexibility index (Phi) is 52.4. The van der Waals surface area contributed by atoms with E-state index in [2.05, 4.69) is 106 Å². The van der Waals surface area contributed by atoms with Gasteiger partial charge in [-0.25, -0.2) is 0 Å². The number of carbonyl (C=O) groups is 3. The van der Waals surface area contributed by atoms with Crippen molar-refractivity contribution >= 4 is 17.9 Å². The molecule has 0 saturated heterocycles. The van der Waals surface area contributed by atoms with Gasteiger partial charge in [-0.15, -0.1) is 0 Å². The molecule has 0 N–H and O–H groups in total. The third kappa shape index (κ3) is 53.4. The van der Waals surface area contributed by atoms with Gasteiger partial charge < -0.3 is 14.2 Å². The van der Waals surface area contributed by atoms with Crippen LogP contribution >= 0.6 is 0 Å². The molecule has 0 fully saturated rings. The van der Waals surface area contributed by atoms with Crippen LogP contribution in [0.25, 0.3) is 0 Å². The largest absolute Gasteiger partial charge is 0.462 e. The highest BCUT2D eigenvalue weighted by Gasteiger charge is 2.19. The summed E-state index contributed by atoms with van der Waals surface area (Å²) in [5.41, 5.74) is 0. The number of carbonyl (C=O) groups excluding carboxylic acids is 3. The fraction of sp³-hybridized carbons (Fsp3) is 0.721. The van der Waals surface area contributed by atoms with Crippen molar-refractivity contribution in [2.45, 2.75) is 271 Å². The molecule has 0 unspecified atom stereocenters. The Balaban J connectivity index is 4.54. The number of esters is 3. The van der Waals surface area contributed by atoms with Gasteiger partial charge in [0.05, 0.1) is 0 Å². The molecule has 0 radical (unpaired) electrons. The zero-order valence-corrected chi connectivity index (χ0v) is 43.9. The minimum Gasteiger partial charge on any atom is -0.462 e. The smallest absolute Gasteiger partial charge is 0.306 e. The molecule has 6 heteroatoms. The van der Waals surface area contributed by atoms with Gasteiger partial charge in [-0.05, 0) is 109 Å². The minimum absolute atomic E-state index is 0.114. The average Bonchev–Trinajstić information content (AvgIpc) is 3.33. The van der Waals surface area contributed by atoms with Crippen LogP contribution in [0, 0.1) is 0 Å². The van der Waals surface area contributed by atoms with E-state index in [1.54, 1.807) is 0 Å².